The Hall–Kier alpha value is -2.33. The van der Waals surface area contributed by atoms with Gasteiger partial charge in [0.2, 0.25) is 0 Å². The third-order valence-corrected chi connectivity index (χ3v) is 3.20. The van der Waals surface area contributed by atoms with Gasteiger partial charge in [-0.2, -0.15) is 5.10 Å². The Labute approximate surface area is 120 Å². The summed E-state index contributed by atoms with van der Waals surface area (Å²) in [4.78, 5) is 0. The summed E-state index contributed by atoms with van der Waals surface area (Å²) in [5.74, 6) is 0.227. The van der Waals surface area contributed by atoms with Gasteiger partial charge >= 0.3 is 0 Å². The Morgan fingerprint density at radius 2 is 1.65 bits per heavy atom. The third-order valence-electron chi connectivity index (χ3n) is 2.95. The van der Waals surface area contributed by atoms with E-state index in [9.17, 15) is 4.39 Å². The summed E-state index contributed by atoms with van der Waals surface area (Å²) in [5, 5.41) is 5.09. The van der Waals surface area contributed by atoms with Crippen LogP contribution in [0, 0.1) is 5.82 Å². The van der Waals surface area contributed by atoms with Gasteiger partial charge < -0.3 is 5.73 Å². The number of hydrogen-bond acceptors (Lipinski definition) is 2. The number of nitrogen functional groups attached to an aromatic ring is 1. The maximum absolute atomic E-state index is 12.9. The molecule has 0 aliphatic rings. The van der Waals surface area contributed by atoms with E-state index in [4.69, 9.17) is 17.3 Å². The minimum absolute atomic E-state index is 0.279. The molecule has 20 heavy (non-hydrogen) atoms. The van der Waals surface area contributed by atoms with E-state index in [1.54, 1.807) is 35.0 Å². The molecule has 0 fully saturated rings. The van der Waals surface area contributed by atoms with Crippen LogP contribution in [0.25, 0.3) is 16.9 Å². The second kappa shape index (κ2) is 4.98. The summed E-state index contributed by atoms with van der Waals surface area (Å²) in [5.41, 5.74) is 8.29. The van der Waals surface area contributed by atoms with Crippen LogP contribution in [-0.4, -0.2) is 9.78 Å². The van der Waals surface area contributed by atoms with Crippen molar-refractivity contribution in [2.45, 2.75) is 0 Å². The predicted octanol–water partition coefficient (Wildman–Crippen LogP) is 3.91. The first kappa shape index (κ1) is 12.7. The Bertz CT molecular complexity index is 733. The summed E-state index contributed by atoms with van der Waals surface area (Å²) in [6, 6.07) is 15.1. The minimum Gasteiger partial charge on any atom is -0.384 e. The molecule has 5 heteroatoms. The number of rotatable bonds is 2. The molecule has 2 aromatic carbocycles. The van der Waals surface area contributed by atoms with E-state index in [1.165, 1.54) is 12.1 Å². The van der Waals surface area contributed by atoms with E-state index in [0.29, 0.717) is 16.5 Å². The van der Waals surface area contributed by atoms with Crippen molar-refractivity contribution in [2.75, 3.05) is 5.73 Å². The van der Waals surface area contributed by atoms with Gasteiger partial charge in [0.05, 0.1) is 11.4 Å². The zero-order chi connectivity index (χ0) is 14.1. The SMILES string of the molecule is Nc1cc(-c2ccc(F)cc2)nn1-c1ccc(Cl)cc1. The predicted molar refractivity (Wildman–Crippen MR) is 78.4 cm³/mol. The monoisotopic (exact) mass is 287 g/mol. The van der Waals surface area contributed by atoms with Crippen molar-refractivity contribution >= 4 is 17.4 Å². The largest absolute Gasteiger partial charge is 0.384 e. The first-order chi connectivity index (χ1) is 9.63. The van der Waals surface area contributed by atoms with Crippen molar-refractivity contribution in [3.8, 4) is 16.9 Å². The highest BCUT2D eigenvalue weighted by molar-refractivity contribution is 6.30. The molecule has 1 aromatic heterocycles. The zero-order valence-electron chi connectivity index (χ0n) is 10.4. The molecule has 3 rings (SSSR count). The standard InChI is InChI=1S/C15H11ClFN3/c16-11-3-7-13(8-4-11)20-15(18)9-14(19-20)10-1-5-12(17)6-2-10/h1-9H,18H2. The smallest absolute Gasteiger partial charge is 0.127 e. The van der Waals surface area contributed by atoms with E-state index in [1.807, 2.05) is 12.1 Å². The van der Waals surface area contributed by atoms with E-state index in [2.05, 4.69) is 5.10 Å². The van der Waals surface area contributed by atoms with Crippen molar-refractivity contribution in [3.05, 3.63) is 65.4 Å². The number of aromatic nitrogens is 2. The van der Waals surface area contributed by atoms with Crippen LogP contribution < -0.4 is 5.73 Å². The average molecular weight is 288 g/mol. The quantitative estimate of drug-likeness (QED) is 0.776. The molecule has 100 valence electrons. The van der Waals surface area contributed by atoms with E-state index in [0.717, 1.165) is 11.3 Å². The molecular weight excluding hydrogens is 277 g/mol. The fourth-order valence-electron chi connectivity index (χ4n) is 1.95. The Kier molecular flexibility index (Phi) is 3.16. The lowest BCUT2D eigenvalue weighted by molar-refractivity contribution is 0.628. The molecule has 3 aromatic rings. The number of hydrogen-bond donors (Lipinski definition) is 1. The van der Waals surface area contributed by atoms with Gasteiger partial charge in [-0.1, -0.05) is 11.6 Å². The molecule has 0 saturated heterocycles. The van der Waals surface area contributed by atoms with E-state index >= 15 is 0 Å². The Balaban J connectivity index is 2.02. The van der Waals surface area contributed by atoms with Crippen molar-refractivity contribution in [1.29, 1.82) is 0 Å². The molecule has 2 N–H and O–H groups in total. The lowest BCUT2D eigenvalue weighted by Gasteiger charge is -2.03. The highest BCUT2D eigenvalue weighted by Crippen LogP contribution is 2.23. The van der Waals surface area contributed by atoms with Crippen molar-refractivity contribution < 1.29 is 4.39 Å². The summed E-state index contributed by atoms with van der Waals surface area (Å²) < 4.78 is 14.5. The van der Waals surface area contributed by atoms with E-state index < -0.39 is 0 Å². The van der Waals surface area contributed by atoms with Gasteiger partial charge in [-0.25, -0.2) is 9.07 Å². The van der Waals surface area contributed by atoms with Crippen LogP contribution in [0.4, 0.5) is 10.2 Å². The van der Waals surface area contributed by atoms with Crippen LogP contribution >= 0.6 is 11.6 Å². The molecule has 0 unspecified atom stereocenters. The van der Waals surface area contributed by atoms with Gasteiger partial charge in [-0.05, 0) is 48.5 Å². The number of nitrogens with zero attached hydrogens (tertiary/aromatic N) is 2. The molecule has 0 spiro atoms. The van der Waals surface area contributed by atoms with Gasteiger partial charge in [-0.15, -0.1) is 0 Å². The third kappa shape index (κ3) is 2.38. The average Bonchev–Trinajstić information content (AvgIpc) is 2.82. The van der Waals surface area contributed by atoms with Crippen LogP contribution in [0.3, 0.4) is 0 Å². The van der Waals surface area contributed by atoms with Gasteiger partial charge in [0.25, 0.3) is 0 Å². The molecule has 0 bridgehead atoms. The van der Waals surface area contributed by atoms with Crippen LogP contribution in [0.1, 0.15) is 0 Å². The first-order valence-corrected chi connectivity index (χ1v) is 6.39. The number of benzene rings is 2. The van der Waals surface area contributed by atoms with Crippen LogP contribution in [-0.2, 0) is 0 Å². The molecule has 0 radical (unpaired) electrons. The summed E-state index contributed by atoms with van der Waals surface area (Å²) in [6.07, 6.45) is 0. The van der Waals surface area contributed by atoms with E-state index in [-0.39, 0.29) is 5.82 Å². The highest BCUT2D eigenvalue weighted by Gasteiger charge is 2.08. The van der Waals surface area contributed by atoms with Gasteiger partial charge in [0, 0.05) is 16.7 Å². The molecule has 3 nitrogen and oxygen atoms in total. The van der Waals surface area contributed by atoms with Crippen LogP contribution in [0.15, 0.2) is 54.6 Å². The summed E-state index contributed by atoms with van der Waals surface area (Å²) in [7, 11) is 0. The van der Waals surface area contributed by atoms with Crippen LogP contribution in [0.5, 0.6) is 0 Å². The first-order valence-electron chi connectivity index (χ1n) is 6.01. The maximum atomic E-state index is 12.9. The maximum Gasteiger partial charge on any atom is 0.127 e. The minimum atomic E-state index is -0.279. The molecule has 0 atom stereocenters. The molecule has 0 saturated carbocycles. The van der Waals surface area contributed by atoms with Crippen molar-refractivity contribution in [3.63, 3.8) is 0 Å². The molecule has 0 amide bonds. The fraction of sp³-hybridized carbons (Fsp3) is 0. The van der Waals surface area contributed by atoms with Gasteiger partial charge in [0.15, 0.2) is 0 Å². The molecule has 0 aliphatic heterocycles. The zero-order valence-corrected chi connectivity index (χ0v) is 11.2. The highest BCUT2D eigenvalue weighted by atomic mass is 35.5. The van der Waals surface area contributed by atoms with Crippen molar-refractivity contribution in [2.24, 2.45) is 0 Å². The number of anilines is 1. The Morgan fingerprint density at radius 1 is 1.00 bits per heavy atom. The normalized spacial score (nSPS) is 10.7. The lowest BCUT2D eigenvalue weighted by Crippen LogP contribution is -2.01. The fourth-order valence-corrected chi connectivity index (χ4v) is 2.07. The van der Waals surface area contributed by atoms with Crippen molar-refractivity contribution in [1.82, 2.24) is 9.78 Å². The summed E-state index contributed by atoms with van der Waals surface area (Å²) in [6.45, 7) is 0. The summed E-state index contributed by atoms with van der Waals surface area (Å²) >= 11 is 5.86. The lowest BCUT2D eigenvalue weighted by atomic mass is 10.1. The molecule has 0 aliphatic carbocycles. The Morgan fingerprint density at radius 3 is 2.30 bits per heavy atom. The van der Waals surface area contributed by atoms with Crippen LogP contribution in [0.2, 0.25) is 5.02 Å². The van der Waals surface area contributed by atoms with Gasteiger partial charge in [-0.3, -0.25) is 0 Å². The topological polar surface area (TPSA) is 43.8 Å². The molecular formula is C15H11ClFN3. The number of halogens is 2. The second-order valence-electron chi connectivity index (χ2n) is 4.35. The number of nitrogens with two attached hydrogens (primary N) is 1. The van der Waals surface area contributed by atoms with Gasteiger partial charge in [0.1, 0.15) is 11.6 Å². The molecule has 1 heterocycles. The second-order valence-corrected chi connectivity index (χ2v) is 4.79.